The lowest BCUT2D eigenvalue weighted by atomic mass is 9.85. The number of halogens is 3. The summed E-state index contributed by atoms with van der Waals surface area (Å²) in [4.78, 5) is 7.70. The molecule has 0 aromatic carbocycles. The Kier molecular flexibility index (Phi) is 3.49. The summed E-state index contributed by atoms with van der Waals surface area (Å²) in [5, 5.41) is 3.16. The number of nitrogens with one attached hydrogen (secondary N) is 1. The highest BCUT2D eigenvalue weighted by molar-refractivity contribution is 5.38. The van der Waals surface area contributed by atoms with Gasteiger partial charge in [-0.1, -0.05) is 0 Å². The minimum atomic E-state index is -4.04. The highest BCUT2D eigenvalue weighted by atomic mass is 19.4. The maximum absolute atomic E-state index is 12.5. The van der Waals surface area contributed by atoms with E-state index >= 15 is 0 Å². The van der Waals surface area contributed by atoms with E-state index in [0.29, 0.717) is 12.8 Å². The molecule has 1 aromatic rings. The fraction of sp³-hybridized carbons (Fsp3) is 0.636. The molecule has 0 radical (unpaired) electrons. The summed E-state index contributed by atoms with van der Waals surface area (Å²) in [6.45, 7) is 0. The molecule has 1 N–H and O–H groups in total. The van der Waals surface area contributed by atoms with Crippen LogP contribution in [0.15, 0.2) is 18.7 Å². The van der Waals surface area contributed by atoms with E-state index in [-0.39, 0.29) is 18.9 Å². The molecule has 1 heterocycles. The quantitative estimate of drug-likeness (QED) is 0.870. The Balaban J connectivity index is 1.84. The third-order valence-corrected chi connectivity index (χ3v) is 3.12. The molecule has 6 heteroatoms. The van der Waals surface area contributed by atoms with Crippen molar-refractivity contribution in [2.75, 3.05) is 5.32 Å². The molecule has 0 saturated heterocycles. The Morgan fingerprint density at radius 2 is 1.65 bits per heavy atom. The van der Waals surface area contributed by atoms with Gasteiger partial charge in [-0.2, -0.15) is 13.2 Å². The first-order valence-corrected chi connectivity index (χ1v) is 5.64. The number of aromatic nitrogens is 2. The molecule has 94 valence electrons. The van der Waals surface area contributed by atoms with Gasteiger partial charge < -0.3 is 5.32 Å². The average molecular weight is 245 g/mol. The van der Waals surface area contributed by atoms with Crippen LogP contribution in [0.2, 0.25) is 0 Å². The smallest absolute Gasteiger partial charge is 0.380 e. The second-order valence-corrected chi connectivity index (χ2v) is 4.36. The highest BCUT2D eigenvalue weighted by Crippen LogP contribution is 2.38. The van der Waals surface area contributed by atoms with Gasteiger partial charge in [0.25, 0.3) is 0 Å². The third-order valence-electron chi connectivity index (χ3n) is 3.12. The average Bonchev–Trinajstić information content (AvgIpc) is 2.30. The van der Waals surface area contributed by atoms with E-state index in [1.165, 1.54) is 6.33 Å². The minimum Gasteiger partial charge on any atom is -0.380 e. The summed E-state index contributed by atoms with van der Waals surface area (Å²) in [7, 11) is 0. The van der Waals surface area contributed by atoms with Crippen LogP contribution in [0.3, 0.4) is 0 Å². The summed E-state index contributed by atoms with van der Waals surface area (Å²) in [6, 6.07) is 0.0969. The van der Waals surface area contributed by atoms with Gasteiger partial charge in [0.2, 0.25) is 0 Å². The molecule has 1 aromatic heterocycles. The summed E-state index contributed by atoms with van der Waals surface area (Å²) in [5.74, 6) is -1.13. The van der Waals surface area contributed by atoms with Crippen molar-refractivity contribution in [3.05, 3.63) is 18.7 Å². The van der Waals surface area contributed by atoms with Gasteiger partial charge in [-0.05, 0) is 25.7 Å². The Hall–Kier alpha value is -1.33. The van der Waals surface area contributed by atoms with Crippen LogP contribution in [-0.4, -0.2) is 22.2 Å². The van der Waals surface area contributed by atoms with E-state index < -0.39 is 12.1 Å². The third kappa shape index (κ3) is 3.31. The van der Waals surface area contributed by atoms with Crippen LogP contribution in [0.5, 0.6) is 0 Å². The molecule has 0 amide bonds. The zero-order valence-electron chi connectivity index (χ0n) is 9.24. The van der Waals surface area contributed by atoms with Gasteiger partial charge in [0.05, 0.1) is 24.0 Å². The number of nitrogens with zero attached hydrogens (tertiary/aromatic N) is 2. The molecule has 1 aliphatic rings. The van der Waals surface area contributed by atoms with Crippen LogP contribution < -0.4 is 5.32 Å². The lowest BCUT2D eigenvalue weighted by Gasteiger charge is -2.30. The normalized spacial score (nSPS) is 25.6. The lowest BCUT2D eigenvalue weighted by Crippen LogP contribution is -2.32. The Morgan fingerprint density at radius 1 is 1.06 bits per heavy atom. The highest BCUT2D eigenvalue weighted by Gasteiger charge is 2.41. The van der Waals surface area contributed by atoms with Crippen LogP contribution in [0.25, 0.3) is 0 Å². The van der Waals surface area contributed by atoms with E-state index in [9.17, 15) is 13.2 Å². The number of alkyl halides is 3. The van der Waals surface area contributed by atoms with E-state index in [0.717, 1.165) is 5.69 Å². The van der Waals surface area contributed by atoms with Gasteiger partial charge in [0, 0.05) is 6.04 Å². The summed E-state index contributed by atoms with van der Waals surface area (Å²) in [5.41, 5.74) is 0.767. The van der Waals surface area contributed by atoms with Crippen molar-refractivity contribution in [2.45, 2.75) is 37.9 Å². The first kappa shape index (κ1) is 12.1. The van der Waals surface area contributed by atoms with Gasteiger partial charge in [0.15, 0.2) is 0 Å². The van der Waals surface area contributed by atoms with Crippen molar-refractivity contribution in [1.29, 1.82) is 0 Å². The van der Waals surface area contributed by atoms with Crippen LogP contribution >= 0.6 is 0 Å². The molecule has 1 fully saturated rings. The SMILES string of the molecule is FC(F)(F)C1CCC(Nc2cncnc2)CC1. The predicted molar refractivity (Wildman–Crippen MR) is 57.5 cm³/mol. The van der Waals surface area contributed by atoms with Crippen molar-refractivity contribution in [1.82, 2.24) is 9.97 Å². The number of hydrogen-bond acceptors (Lipinski definition) is 3. The summed E-state index contributed by atoms with van der Waals surface area (Å²) >= 11 is 0. The molecule has 3 nitrogen and oxygen atoms in total. The molecule has 2 rings (SSSR count). The standard InChI is InChI=1S/C11H14F3N3/c12-11(13,14)8-1-3-9(4-2-8)17-10-5-15-7-16-6-10/h5-9,17H,1-4H2. The fourth-order valence-corrected chi connectivity index (χ4v) is 2.17. The largest absolute Gasteiger partial charge is 0.391 e. The zero-order chi connectivity index (χ0) is 12.3. The Morgan fingerprint density at radius 3 is 2.18 bits per heavy atom. The van der Waals surface area contributed by atoms with Crippen molar-refractivity contribution in [2.24, 2.45) is 5.92 Å². The molecular weight excluding hydrogens is 231 g/mol. The number of anilines is 1. The molecule has 1 saturated carbocycles. The van der Waals surface area contributed by atoms with Crippen molar-refractivity contribution < 1.29 is 13.2 Å². The van der Waals surface area contributed by atoms with E-state index in [2.05, 4.69) is 15.3 Å². The molecule has 0 aliphatic heterocycles. The van der Waals surface area contributed by atoms with Crippen molar-refractivity contribution in [3.8, 4) is 0 Å². The number of hydrogen-bond donors (Lipinski definition) is 1. The Labute approximate surface area is 97.5 Å². The first-order valence-electron chi connectivity index (χ1n) is 5.64. The molecule has 0 spiro atoms. The van der Waals surface area contributed by atoms with E-state index in [4.69, 9.17) is 0 Å². The fourth-order valence-electron chi connectivity index (χ4n) is 2.17. The monoisotopic (exact) mass is 245 g/mol. The first-order chi connectivity index (χ1) is 8.05. The maximum Gasteiger partial charge on any atom is 0.391 e. The molecule has 0 bridgehead atoms. The predicted octanol–water partition coefficient (Wildman–Crippen LogP) is 3.01. The van der Waals surface area contributed by atoms with Crippen LogP contribution in [0, 0.1) is 5.92 Å². The van der Waals surface area contributed by atoms with E-state index in [1.54, 1.807) is 12.4 Å². The van der Waals surface area contributed by atoms with Gasteiger partial charge >= 0.3 is 6.18 Å². The second-order valence-electron chi connectivity index (χ2n) is 4.36. The van der Waals surface area contributed by atoms with Crippen molar-refractivity contribution in [3.63, 3.8) is 0 Å². The van der Waals surface area contributed by atoms with Gasteiger partial charge in [-0.3, -0.25) is 0 Å². The van der Waals surface area contributed by atoms with Gasteiger partial charge in [0.1, 0.15) is 6.33 Å². The van der Waals surface area contributed by atoms with Crippen LogP contribution in [0.4, 0.5) is 18.9 Å². The van der Waals surface area contributed by atoms with Crippen LogP contribution in [0.1, 0.15) is 25.7 Å². The maximum atomic E-state index is 12.5. The molecule has 0 unspecified atom stereocenters. The summed E-state index contributed by atoms with van der Waals surface area (Å²) in [6.07, 6.45) is 2.13. The summed E-state index contributed by atoms with van der Waals surface area (Å²) < 4.78 is 37.4. The van der Waals surface area contributed by atoms with Gasteiger partial charge in [-0.15, -0.1) is 0 Å². The topological polar surface area (TPSA) is 37.8 Å². The van der Waals surface area contributed by atoms with Gasteiger partial charge in [-0.25, -0.2) is 9.97 Å². The number of rotatable bonds is 2. The molecule has 0 atom stereocenters. The zero-order valence-corrected chi connectivity index (χ0v) is 9.24. The molecule has 17 heavy (non-hydrogen) atoms. The van der Waals surface area contributed by atoms with E-state index in [1.807, 2.05) is 0 Å². The van der Waals surface area contributed by atoms with Crippen LogP contribution in [-0.2, 0) is 0 Å². The second kappa shape index (κ2) is 4.89. The minimum absolute atomic E-state index is 0.0969. The lowest BCUT2D eigenvalue weighted by molar-refractivity contribution is -0.182. The molecule has 1 aliphatic carbocycles. The van der Waals surface area contributed by atoms with Crippen molar-refractivity contribution >= 4 is 5.69 Å². The molecular formula is C11H14F3N3. The Bertz CT molecular complexity index is 345.